The molecule has 0 aliphatic carbocycles. The summed E-state index contributed by atoms with van der Waals surface area (Å²) in [6.07, 6.45) is 0.128. The van der Waals surface area contributed by atoms with Crippen LogP contribution >= 0.6 is 0 Å². The largest absolute Gasteiger partial charge is 0.433 e. The first kappa shape index (κ1) is 14.9. The first-order valence-corrected chi connectivity index (χ1v) is 6.63. The minimum atomic E-state index is -4.50. The minimum Gasteiger partial charge on any atom is -0.396 e. The second-order valence-corrected chi connectivity index (χ2v) is 5.01. The van der Waals surface area contributed by atoms with Gasteiger partial charge in [-0.3, -0.25) is 0 Å². The van der Waals surface area contributed by atoms with E-state index in [2.05, 4.69) is 4.98 Å². The van der Waals surface area contributed by atoms with Crippen LogP contribution in [0.4, 0.5) is 24.5 Å². The Morgan fingerprint density at radius 3 is 2.75 bits per heavy atom. The van der Waals surface area contributed by atoms with E-state index in [0.29, 0.717) is 12.2 Å². The molecular weight excluding hydrogens is 271 g/mol. The second-order valence-electron chi connectivity index (χ2n) is 5.01. The highest BCUT2D eigenvalue weighted by Gasteiger charge is 2.34. The zero-order valence-electron chi connectivity index (χ0n) is 11.0. The van der Waals surface area contributed by atoms with E-state index in [1.165, 1.54) is 0 Å². The van der Waals surface area contributed by atoms with Crippen LogP contribution in [-0.2, 0) is 6.18 Å². The van der Waals surface area contributed by atoms with Crippen molar-refractivity contribution in [1.29, 1.82) is 0 Å². The Kier molecular flexibility index (Phi) is 4.37. The highest BCUT2D eigenvalue weighted by atomic mass is 19.4. The van der Waals surface area contributed by atoms with Gasteiger partial charge in [0.05, 0.1) is 30.2 Å². The van der Waals surface area contributed by atoms with Gasteiger partial charge in [0, 0.05) is 6.54 Å². The normalized spacial score (nSPS) is 20.8. The third-order valence-corrected chi connectivity index (χ3v) is 3.60. The molecule has 0 radical (unpaired) electrons. The van der Waals surface area contributed by atoms with Crippen LogP contribution in [0, 0.1) is 0 Å². The van der Waals surface area contributed by atoms with Crippen molar-refractivity contribution < 1.29 is 18.3 Å². The van der Waals surface area contributed by atoms with Gasteiger partial charge >= 0.3 is 6.18 Å². The minimum absolute atomic E-state index is 0.0941. The van der Waals surface area contributed by atoms with Gasteiger partial charge in [0.2, 0.25) is 0 Å². The number of nitrogens with two attached hydrogens (primary N) is 1. The third-order valence-electron chi connectivity index (χ3n) is 3.60. The number of alkyl halides is 3. The van der Waals surface area contributed by atoms with E-state index in [-0.39, 0.29) is 18.3 Å². The summed E-state index contributed by atoms with van der Waals surface area (Å²) >= 11 is 0. The summed E-state index contributed by atoms with van der Waals surface area (Å²) < 4.78 is 38.3. The molecule has 20 heavy (non-hydrogen) atoms. The monoisotopic (exact) mass is 289 g/mol. The lowest BCUT2D eigenvalue weighted by Crippen LogP contribution is -2.38. The Balaban J connectivity index is 2.38. The summed E-state index contributed by atoms with van der Waals surface area (Å²) in [4.78, 5) is 5.12. The third kappa shape index (κ3) is 3.15. The lowest BCUT2D eigenvalue weighted by molar-refractivity contribution is -0.141. The number of anilines is 2. The number of hydrogen-bond donors (Lipinski definition) is 2. The average Bonchev–Trinajstić information content (AvgIpc) is 2.62. The van der Waals surface area contributed by atoms with Gasteiger partial charge in [-0.25, -0.2) is 4.98 Å². The zero-order chi connectivity index (χ0) is 14.8. The number of halogens is 3. The molecule has 1 aliphatic rings. The quantitative estimate of drug-likeness (QED) is 0.877. The van der Waals surface area contributed by atoms with Crippen molar-refractivity contribution >= 4 is 11.4 Å². The van der Waals surface area contributed by atoms with Gasteiger partial charge < -0.3 is 15.7 Å². The van der Waals surface area contributed by atoms with Gasteiger partial charge in [-0.15, -0.1) is 0 Å². The lowest BCUT2D eigenvalue weighted by Gasteiger charge is -2.32. The van der Waals surface area contributed by atoms with E-state index in [1.807, 2.05) is 0 Å². The number of hydrogen-bond acceptors (Lipinski definition) is 4. The SMILES string of the molecule is Nc1cnc(C(F)(F)F)cc1N1CCCCCC1CO. The Bertz CT molecular complexity index is 465. The molecule has 0 bridgehead atoms. The van der Waals surface area contributed by atoms with Gasteiger partial charge in [0.15, 0.2) is 0 Å². The van der Waals surface area contributed by atoms with E-state index in [4.69, 9.17) is 5.73 Å². The summed E-state index contributed by atoms with van der Waals surface area (Å²) in [6, 6.07) is 0.784. The average molecular weight is 289 g/mol. The van der Waals surface area contributed by atoms with E-state index < -0.39 is 11.9 Å². The van der Waals surface area contributed by atoms with Gasteiger partial charge in [-0.1, -0.05) is 12.8 Å². The summed E-state index contributed by atoms with van der Waals surface area (Å²) in [6.45, 7) is 0.500. The van der Waals surface area contributed by atoms with Crippen LogP contribution in [0.15, 0.2) is 12.3 Å². The molecule has 1 fully saturated rings. The Hall–Kier alpha value is -1.50. The predicted molar refractivity (Wildman–Crippen MR) is 70.3 cm³/mol. The zero-order valence-corrected chi connectivity index (χ0v) is 11.0. The number of rotatable bonds is 2. The number of aliphatic hydroxyl groups is 1. The smallest absolute Gasteiger partial charge is 0.396 e. The summed E-state index contributed by atoms with van der Waals surface area (Å²) in [5.41, 5.74) is 5.34. The fourth-order valence-corrected chi connectivity index (χ4v) is 2.54. The molecule has 3 N–H and O–H groups in total. The highest BCUT2D eigenvalue weighted by Crippen LogP contribution is 2.34. The molecule has 7 heteroatoms. The maximum absolute atomic E-state index is 12.8. The van der Waals surface area contributed by atoms with Gasteiger partial charge in [0.1, 0.15) is 5.69 Å². The molecule has 1 aromatic rings. The van der Waals surface area contributed by atoms with Crippen LogP contribution in [0.3, 0.4) is 0 Å². The first-order chi connectivity index (χ1) is 9.43. The van der Waals surface area contributed by atoms with Crippen molar-refractivity contribution in [3.63, 3.8) is 0 Å². The van der Waals surface area contributed by atoms with Crippen LogP contribution in [0.2, 0.25) is 0 Å². The van der Waals surface area contributed by atoms with Crippen molar-refractivity contribution in [2.75, 3.05) is 23.8 Å². The predicted octanol–water partition coefficient (Wildman–Crippen LogP) is 2.42. The van der Waals surface area contributed by atoms with E-state index in [0.717, 1.165) is 37.9 Å². The van der Waals surface area contributed by atoms with Crippen molar-refractivity contribution in [2.24, 2.45) is 0 Å². The van der Waals surface area contributed by atoms with Crippen molar-refractivity contribution in [3.05, 3.63) is 18.0 Å². The van der Waals surface area contributed by atoms with E-state index in [1.54, 1.807) is 4.90 Å². The van der Waals surface area contributed by atoms with E-state index in [9.17, 15) is 18.3 Å². The molecule has 1 unspecified atom stereocenters. The highest BCUT2D eigenvalue weighted by molar-refractivity contribution is 5.67. The molecule has 2 rings (SSSR count). The number of nitrogen functional groups attached to an aromatic ring is 1. The topological polar surface area (TPSA) is 62.4 Å². The van der Waals surface area contributed by atoms with Crippen molar-refractivity contribution in [1.82, 2.24) is 4.98 Å². The van der Waals surface area contributed by atoms with Crippen molar-refractivity contribution in [2.45, 2.75) is 37.9 Å². The van der Waals surface area contributed by atoms with Gasteiger partial charge in [-0.2, -0.15) is 13.2 Å². The summed E-state index contributed by atoms with van der Waals surface area (Å²) in [7, 11) is 0. The van der Waals surface area contributed by atoms with Crippen LogP contribution in [-0.4, -0.2) is 29.3 Å². The van der Waals surface area contributed by atoms with Crippen molar-refractivity contribution in [3.8, 4) is 0 Å². The molecule has 0 spiro atoms. The standard InChI is InChI=1S/C13H18F3N3O/c14-13(15,16)12-6-11(10(17)7-18-12)19-5-3-1-2-4-9(19)8-20/h6-7,9,20H,1-5,8,17H2. The fourth-order valence-electron chi connectivity index (χ4n) is 2.54. The Morgan fingerprint density at radius 1 is 1.35 bits per heavy atom. The van der Waals surface area contributed by atoms with Crippen LogP contribution in [0.25, 0.3) is 0 Å². The molecule has 1 aromatic heterocycles. The molecule has 112 valence electrons. The molecular formula is C13H18F3N3O. The van der Waals surface area contributed by atoms with Crippen LogP contribution in [0.1, 0.15) is 31.4 Å². The number of pyridine rings is 1. The first-order valence-electron chi connectivity index (χ1n) is 6.63. The number of aliphatic hydroxyl groups excluding tert-OH is 1. The Morgan fingerprint density at radius 2 is 2.10 bits per heavy atom. The van der Waals surface area contributed by atoms with Crippen LogP contribution in [0.5, 0.6) is 0 Å². The molecule has 1 atom stereocenters. The maximum atomic E-state index is 12.8. The second kappa shape index (κ2) is 5.87. The van der Waals surface area contributed by atoms with Gasteiger partial charge in [-0.05, 0) is 18.9 Å². The molecule has 1 saturated heterocycles. The summed E-state index contributed by atoms with van der Waals surface area (Å²) in [5, 5.41) is 9.45. The molecule has 1 aliphatic heterocycles. The molecule has 0 amide bonds. The van der Waals surface area contributed by atoms with Crippen LogP contribution < -0.4 is 10.6 Å². The number of nitrogens with zero attached hydrogens (tertiary/aromatic N) is 2. The lowest BCUT2D eigenvalue weighted by atomic mass is 10.1. The molecule has 2 heterocycles. The number of aromatic nitrogens is 1. The molecule has 4 nitrogen and oxygen atoms in total. The Labute approximate surface area is 115 Å². The van der Waals surface area contributed by atoms with Gasteiger partial charge in [0.25, 0.3) is 0 Å². The van der Waals surface area contributed by atoms with E-state index >= 15 is 0 Å². The molecule has 0 saturated carbocycles. The maximum Gasteiger partial charge on any atom is 0.433 e. The molecule has 0 aromatic carbocycles. The fraction of sp³-hybridized carbons (Fsp3) is 0.615. The summed E-state index contributed by atoms with van der Waals surface area (Å²) in [5.74, 6) is 0.